The number of furan rings is 1. The third kappa shape index (κ3) is 9.04. The van der Waals surface area contributed by atoms with Crippen molar-refractivity contribution in [3.63, 3.8) is 0 Å². The van der Waals surface area contributed by atoms with Crippen molar-refractivity contribution in [3.05, 3.63) is 48.0 Å². The van der Waals surface area contributed by atoms with Gasteiger partial charge in [-0.2, -0.15) is 0 Å². The highest BCUT2D eigenvalue weighted by molar-refractivity contribution is 14.0. The second-order valence-electron chi connectivity index (χ2n) is 7.26. The van der Waals surface area contributed by atoms with Crippen molar-refractivity contribution >= 4 is 35.8 Å². The van der Waals surface area contributed by atoms with Gasteiger partial charge < -0.3 is 29.4 Å². The minimum atomic E-state index is 0. The minimum Gasteiger partial charge on any atom is -0.467 e. The fourth-order valence-electron chi connectivity index (χ4n) is 3.18. The van der Waals surface area contributed by atoms with Crippen molar-refractivity contribution in [1.82, 2.24) is 15.6 Å². The maximum atomic E-state index is 5.60. The van der Waals surface area contributed by atoms with Crippen molar-refractivity contribution < 1.29 is 13.9 Å². The lowest BCUT2D eigenvalue weighted by atomic mass is 10.2. The third-order valence-corrected chi connectivity index (χ3v) is 4.72. The number of hydrogen-bond acceptors (Lipinski definition) is 6. The molecule has 0 saturated carbocycles. The van der Waals surface area contributed by atoms with Crippen LogP contribution in [-0.4, -0.2) is 56.4 Å². The Morgan fingerprint density at radius 1 is 1.32 bits per heavy atom. The molecule has 1 aliphatic heterocycles. The zero-order valence-corrected chi connectivity index (χ0v) is 20.7. The number of ether oxygens (including phenoxy) is 2. The van der Waals surface area contributed by atoms with Crippen molar-refractivity contribution in [2.45, 2.75) is 39.5 Å². The maximum absolute atomic E-state index is 5.60. The Labute approximate surface area is 201 Å². The van der Waals surface area contributed by atoms with Gasteiger partial charge in [0, 0.05) is 39.0 Å². The Morgan fingerprint density at radius 3 is 2.94 bits per heavy atom. The number of hydrogen-bond donors (Lipinski definition) is 2. The fraction of sp³-hybridized carbons (Fsp3) is 0.545. The summed E-state index contributed by atoms with van der Waals surface area (Å²) in [6, 6.07) is 7.94. The Kier molecular flexibility index (Phi) is 11.7. The first-order valence-corrected chi connectivity index (χ1v) is 10.7. The number of morpholine rings is 1. The van der Waals surface area contributed by atoms with Gasteiger partial charge in [-0.1, -0.05) is 6.07 Å². The highest BCUT2D eigenvalue weighted by Gasteiger charge is 2.17. The van der Waals surface area contributed by atoms with Crippen LogP contribution < -0.4 is 15.5 Å². The molecule has 1 fully saturated rings. The Hall–Kier alpha value is -1.85. The number of aliphatic imine (C=N–C) groups is 1. The van der Waals surface area contributed by atoms with Gasteiger partial charge in [0.1, 0.15) is 18.2 Å². The van der Waals surface area contributed by atoms with Gasteiger partial charge >= 0.3 is 0 Å². The van der Waals surface area contributed by atoms with E-state index in [-0.39, 0.29) is 30.1 Å². The van der Waals surface area contributed by atoms with E-state index in [9.17, 15) is 0 Å². The monoisotopic (exact) mass is 543 g/mol. The molecule has 3 rings (SSSR count). The quantitative estimate of drug-likeness (QED) is 0.206. The van der Waals surface area contributed by atoms with Gasteiger partial charge in [0.25, 0.3) is 0 Å². The largest absolute Gasteiger partial charge is 0.467 e. The number of halogens is 1. The zero-order valence-electron chi connectivity index (χ0n) is 18.4. The molecule has 2 aromatic heterocycles. The van der Waals surface area contributed by atoms with Crippen LogP contribution in [0, 0.1) is 0 Å². The van der Waals surface area contributed by atoms with Crippen LogP contribution in [0.15, 0.2) is 46.1 Å². The standard InChI is InChI=1S/C22H33N5O3.HI/c1-3-23-22(24-9-5-11-28-17-20-6-4-12-30-20)26-15-19-7-8-21(25-14-19)27-10-13-29-18(2)16-27;/h4,6-8,12,14,18H,3,5,9-11,13,15-17H2,1-2H3,(H2,23,24,26);1H. The van der Waals surface area contributed by atoms with Crippen molar-refractivity contribution in [2.75, 3.05) is 44.3 Å². The molecule has 1 atom stereocenters. The van der Waals surface area contributed by atoms with Gasteiger partial charge in [0.15, 0.2) is 5.96 Å². The topological polar surface area (TPSA) is 84.2 Å². The maximum Gasteiger partial charge on any atom is 0.191 e. The van der Waals surface area contributed by atoms with E-state index >= 15 is 0 Å². The molecule has 8 nitrogen and oxygen atoms in total. The zero-order chi connectivity index (χ0) is 21.0. The van der Waals surface area contributed by atoms with E-state index < -0.39 is 0 Å². The van der Waals surface area contributed by atoms with Gasteiger partial charge in [0.05, 0.1) is 25.5 Å². The molecule has 31 heavy (non-hydrogen) atoms. The van der Waals surface area contributed by atoms with Gasteiger partial charge in [-0.15, -0.1) is 24.0 Å². The predicted molar refractivity (Wildman–Crippen MR) is 133 cm³/mol. The number of nitrogens with zero attached hydrogens (tertiary/aromatic N) is 3. The second-order valence-corrected chi connectivity index (χ2v) is 7.26. The molecule has 0 aromatic carbocycles. The third-order valence-electron chi connectivity index (χ3n) is 4.72. The van der Waals surface area contributed by atoms with E-state index in [0.717, 1.165) is 62.3 Å². The van der Waals surface area contributed by atoms with E-state index in [1.807, 2.05) is 18.3 Å². The second kappa shape index (κ2) is 14.3. The number of rotatable bonds is 10. The van der Waals surface area contributed by atoms with Crippen LogP contribution in [0.1, 0.15) is 31.6 Å². The molecule has 1 saturated heterocycles. The highest BCUT2D eigenvalue weighted by Crippen LogP contribution is 2.15. The summed E-state index contributed by atoms with van der Waals surface area (Å²) in [6.07, 6.45) is 4.70. The Balaban J connectivity index is 0.00000341. The number of guanidine groups is 1. The van der Waals surface area contributed by atoms with Crippen LogP contribution >= 0.6 is 24.0 Å². The van der Waals surface area contributed by atoms with Crippen molar-refractivity contribution in [3.8, 4) is 0 Å². The SMILES string of the molecule is CCNC(=NCc1ccc(N2CCOC(C)C2)nc1)NCCCOCc1ccco1.I. The van der Waals surface area contributed by atoms with E-state index in [4.69, 9.17) is 13.9 Å². The molecular weight excluding hydrogens is 509 g/mol. The van der Waals surface area contributed by atoms with Gasteiger partial charge in [0.2, 0.25) is 0 Å². The van der Waals surface area contributed by atoms with Crippen LogP contribution in [0.2, 0.25) is 0 Å². The first kappa shape index (κ1) is 25.4. The van der Waals surface area contributed by atoms with Crippen LogP contribution in [0.25, 0.3) is 0 Å². The summed E-state index contributed by atoms with van der Waals surface area (Å²) in [4.78, 5) is 11.5. The van der Waals surface area contributed by atoms with E-state index in [1.54, 1.807) is 6.26 Å². The molecule has 172 valence electrons. The van der Waals surface area contributed by atoms with E-state index in [0.29, 0.717) is 19.8 Å². The van der Waals surface area contributed by atoms with Gasteiger partial charge in [-0.3, -0.25) is 0 Å². The highest BCUT2D eigenvalue weighted by atomic mass is 127. The first-order valence-electron chi connectivity index (χ1n) is 10.7. The van der Waals surface area contributed by atoms with Crippen LogP contribution in [0.4, 0.5) is 5.82 Å². The molecule has 1 aliphatic rings. The average Bonchev–Trinajstić information content (AvgIpc) is 3.28. The summed E-state index contributed by atoms with van der Waals surface area (Å²) >= 11 is 0. The lowest BCUT2D eigenvalue weighted by molar-refractivity contribution is 0.0529. The number of nitrogens with one attached hydrogen (secondary N) is 2. The molecule has 2 aromatic rings. The summed E-state index contributed by atoms with van der Waals surface area (Å²) < 4.78 is 16.4. The number of anilines is 1. The minimum absolute atomic E-state index is 0. The van der Waals surface area contributed by atoms with E-state index in [1.165, 1.54) is 0 Å². The summed E-state index contributed by atoms with van der Waals surface area (Å²) in [5, 5.41) is 6.62. The van der Waals surface area contributed by atoms with Gasteiger partial charge in [-0.05, 0) is 44.0 Å². The molecule has 2 N–H and O–H groups in total. The Bertz CT molecular complexity index is 755. The molecular formula is C22H34IN5O3. The molecule has 0 spiro atoms. The van der Waals surface area contributed by atoms with Crippen LogP contribution in [-0.2, 0) is 22.6 Å². The molecule has 1 unspecified atom stereocenters. The van der Waals surface area contributed by atoms with Crippen LogP contribution in [0.3, 0.4) is 0 Å². The molecule has 0 radical (unpaired) electrons. The number of pyridine rings is 1. The molecule has 0 amide bonds. The van der Waals surface area contributed by atoms with Crippen molar-refractivity contribution in [2.24, 2.45) is 4.99 Å². The Morgan fingerprint density at radius 2 is 2.23 bits per heavy atom. The smallest absolute Gasteiger partial charge is 0.191 e. The molecule has 0 aliphatic carbocycles. The average molecular weight is 543 g/mol. The van der Waals surface area contributed by atoms with E-state index in [2.05, 4.69) is 51.5 Å². The number of aromatic nitrogens is 1. The molecule has 9 heteroatoms. The summed E-state index contributed by atoms with van der Waals surface area (Å²) in [7, 11) is 0. The lowest BCUT2D eigenvalue weighted by Crippen LogP contribution is -2.41. The van der Waals surface area contributed by atoms with Crippen molar-refractivity contribution in [1.29, 1.82) is 0 Å². The summed E-state index contributed by atoms with van der Waals surface area (Å²) in [6.45, 7) is 10.0. The normalized spacial score (nSPS) is 16.6. The molecule has 3 heterocycles. The summed E-state index contributed by atoms with van der Waals surface area (Å²) in [5.74, 6) is 2.65. The first-order chi connectivity index (χ1) is 14.7. The summed E-state index contributed by atoms with van der Waals surface area (Å²) in [5.41, 5.74) is 1.08. The van der Waals surface area contributed by atoms with Crippen LogP contribution in [0.5, 0.6) is 0 Å². The fourth-order valence-corrected chi connectivity index (χ4v) is 3.18. The predicted octanol–water partition coefficient (Wildman–Crippen LogP) is 3.18. The lowest BCUT2D eigenvalue weighted by Gasteiger charge is -2.32. The van der Waals surface area contributed by atoms with Gasteiger partial charge in [-0.25, -0.2) is 9.98 Å². The molecule has 0 bridgehead atoms.